The summed E-state index contributed by atoms with van der Waals surface area (Å²) in [5.41, 5.74) is 0.852. The number of oxazole rings is 1. The van der Waals surface area contributed by atoms with Crippen LogP contribution in [0.5, 0.6) is 0 Å². The maximum atomic E-state index is 12.0. The molecule has 1 aliphatic carbocycles. The third-order valence-electron chi connectivity index (χ3n) is 3.11. The molecule has 2 aromatic rings. The Bertz CT molecular complexity index is 704. The van der Waals surface area contributed by atoms with Crippen LogP contribution in [-0.2, 0) is 5.41 Å². The van der Waals surface area contributed by atoms with Gasteiger partial charge in [-0.1, -0.05) is 45.0 Å². The molecule has 1 aliphatic rings. The maximum absolute atomic E-state index is 12.0. The molecule has 1 heterocycles. The summed E-state index contributed by atoms with van der Waals surface area (Å²) in [5, 5.41) is 0. The molecule has 0 unspecified atom stereocenters. The molecule has 0 amide bonds. The summed E-state index contributed by atoms with van der Waals surface area (Å²) in [4.78, 5) is 28.3. The summed E-state index contributed by atoms with van der Waals surface area (Å²) in [6, 6.07) is 6.95. The summed E-state index contributed by atoms with van der Waals surface area (Å²) in [5.74, 6) is -0.231. The Labute approximate surface area is 110 Å². The standard InChI is InChI=1S/C15H13NO3/c1-15(2,3)14-16-10-12(18)11(17)8-6-4-5-7-9(8)13(10)19-14/h4-7H,1-3H3. The van der Waals surface area contributed by atoms with Crippen molar-refractivity contribution in [2.75, 3.05) is 0 Å². The number of carbonyl (C=O) groups excluding carboxylic acids is 2. The Morgan fingerprint density at radius 1 is 1.00 bits per heavy atom. The van der Waals surface area contributed by atoms with Crippen LogP contribution in [0.1, 0.15) is 47.5 Å². The predicted molar refractivity (Wildman–Crippen MR) is 69.3 cm³/mol. The molecule has 1 aromatic carbocycles. The summed E-state index contributed by atoms with van der Waals surface area (Å²) >= 11 is 0. The lowest BCUT2D eigenvalue weighted by Crippen LogP contribution is -2.21. The molecule has 0 saturated carbocycles. The van der Waals surface area contributed by atoms with Crippen LogP contribution >= 0.6 is 0 Å². The van der Waals surface area contributed by atoms with Crippen LogP contribution in [0.4, 0.5) is 0 Å². The van der Waals surface area contributed by atoms with E-state index in [-0.39, 0.29) is 11.1 Å². The molecular formula is C15H13NO3. The normalized spacial score (nSPS) is 14.3. The number of carbonyl (C=O) groups is 2. The minimum absolute atomic E-state index is 0.133. The molecule has 0 aliphatic heterocycles. The first kappa shape index (κ1) is 11.8. The van der Waals surface area contributed by atoms with Gasteiger partial charge in [-0.25, -0.2) is 4.98 Å². The fourth-order valence-corrected chi connectivity index (χ4v) is 2.09. The third-order valence-corrected chi connectivity index (χ3v) is 3.11. The van der Waals surface area contributed by atoms with Gasteiger partial charge in [0.2, 0.25) is 11.7 Å². The van der Waals surface area contributed by atoms with Gasteiger partial charge < -0.3 is 4.42 Å². The highest BCUT2D eigenvalue weighted by Crippen LogP contribution is 2.36. The monoisotopic (exact) mass is 255 g/mol. The highest BCUT2D eigenvalue weighted by atomic mass is 16.4. The van der Waals surface area contributed by atoms with Crippen molar-refractivity contribution in [3.8, 4) is 11.3 Å². The Morgan fingerprint density at radius 2 is 1.63 bits per heavy atom. The summed E-state index contributed by atoms with van der Waals surface area (Å²) in [7, 11) is 0. The zero-order valence-electron chi connectivity index (χ0n) is 11.0. The first-order chi connectivity index (χ1) is 8.89. The lowest BCUT2D eigenvalue weighted by Gasteiger charge is -2.12. The Hall–Kier alpha value is -2.23. The number of aromatic nitrogens is 1. The van der Waals surface area contributed by atoms with Crippen LogP contribution in [0.25, 0.3) is 11.3 Å². The van der Waals surface area contributed by atoms with Gasteiger partial charge in [0.05, 0.1) is 0 Å². The van der Waals surface area contributed by atoms with E-state index in [1.165, 1.54) is 0 Å². The third kappa shape index (κ3) is 1.63. The number of benzene rings is 1. The molecule has 0 radical (unpaired) electrons. The Kier molecular flexibility index (Phi) is 2.26. The molecule has 0 N–H and O–H groups in total. The van der Waals surface area contributed by atoms with E-state index in [9.17, 15) is 9.59 Å². The second-order valence-electron chi connectivity index (χ2n) is 5.65. The number of rotatable bonds is 0. The van der Waals surface area contributed by atoms with Gasteiger partial charge in [-0.15, -0.1) is 0 Å². The van der Waals surface area contributed by atoms with Gasteiger partial charge in [-0.2, -0.15) is 0 Å². The average molecular weight is 255 g/mol. The highest BCUT2D eigenvalue weighted by Gasteiger charge is 2.36. The van der Waals surface area contributed by atoms with E-state index in [1.807, 2.05) is 26.8 Å². The van der Waals surface area contributed by atoms with Gasteiger partial charge in [-0.05, 0) is 0 Å². The van der Waals surface area contributed by atoms with Gasteiger partial charge in [0.1, 0.15) is 0 Å². The van der Waals surface area contributed by atoms with E-state index < -0.39 is 11.6 Å². The summed E-state index contributed by atoms with van der Waals surface area (Å²) in [6.07, 6.45) is 0. The second-order valence-corrected chi connectivity index (χ2v) is 5.65. The van der Waals surface area contributed by atoms with Gasteiger partial charge in [0.15, 0.2) is 11.5 Å². The van der Waals surface area contributed by atoms with Crippen LogP contribution in [0.15, 0.2) is 28.7 Å². The zero-order chi connectivity index (χ0) is 13.8. The number of hydrogen-bond donors (Lipinski definition) is 0. The number of Topliss-reactive ketones (excluding diaryl/α,β-unsaturated/α-hetero) is 2. The first-order valence-electron chi connectivity index (χ1n) is 6.09. The average Bonchev–Trinajstić information content (AvgIpc) is 2.81. The van der Waals surface area contributed by atoms with E-state index in [0.717, 1.165) is 0 Å². The van der Waals surface area contributed by atoms with Crippen LogP contribution in [-0.4, -0.2) is 16.6 Å². The molecule has 4 nitrogen and oxygen atoms in total. The van der Waals surface area contributed by atoms with Crippen molar-refractivity contribution in [2.45, 2.75) is 26.2 Å². The van der Waals surface area contributed by atoms with Gasteiger partial charge in [0, 0.05) is 16.5 Å². The molecule has 0 fully saturated rings. The van der Waals surface area contributed by atoms with Crippen LogP contribution in [0.3, 0.4) is 0 Å². The van der Waals surface area contributed by atoms with Crippen molar-refractivity contribution in [2.24, 2.45) is 0 Å². The van der Waals surface area contributed by atoms with E-state index in [2.05, 4.69) is 4.98 Å². The Balaban J connectivity index is 2.30. The highest BCUT2D eigenvalue weighted by molar-refractivity contribution is 6.52. The van der Waals surface area contributed by atoms with E-state index in [4.69, 9.17) is 4.42 Å². The molecule has 0 spiro atoms. The largest absolute Gasteiger partial charge is 0.439 e. The molecule has 0 saturated heterocycles. The smallest absolute Gasteiger partial charge is 0.255 e. The van der Waals surface area contributed by atoms with E-state index >= 15 is 0 Å². The van der Waals surface area contributed by atoms with Gasteiger partial charge in [-0.3, -0.25) is 9.59 Å². The van der Waals surface area contributed by atoms with Gasteiger partial charge in [0.25, 0.3) is 5.78 Å². The fraction of sp³-hybridized carbons (Fsp3) is 0.267. The molecule has 1 aromatic heterocycles. The molecule has 19 heavy (non-hydrogen) atoms. The summed E-state index contributed by atoms with van der Waals surface area (Å²) in [6.45, 7) is 5.84. The lowest BCUT2D eigenvalue weighted by molar-refractivity contribution is 0.0812. The first-order valence-corrected chi connectivity index (χ1v) is 6.09. The molecule has 0 atom stereocenters. The lowest BCUT2D eigenvalue weighted by atomic mass is 9.91. The Morgan fingerprint density at radius 3 is 2.26 bits per heavy atom. The topological polar surface area (TPSA) is 60.2 Å². The minimum Gasteiger partial charge on any atom is -0.439 e. The van der Waals surface area contributed by atoms with Crippen molar-refractivity contribution >= 4 is 11.6 Å². The number of fused-ring (bicyclic) bond motifs is 3. The zero-order valence-corrected chi connectivity index (χ0v) is 11.0. The minimum atomic E-state index is -0.590. The molecule has 96 valence electrons. The predicted octanol–water partition coefficient (Wildman–Crippen LogP) is 3.02. The van der Waals surface area contributed by atoms with Crippen molar-refractivity contribution in [1.82, 2.24) is 4.98 Å². The van der Waals surface area contributed by atoms with E-state index in [1.54, 1.807) is 18.2 Å². The SMILES string of the molecule is CC(C)(C)c1nc2c(o1)-c1ccccc1C(=O)C2=O. The quantitative estimate of drug-likeness (QED) is 0.679. The van der Waals surface area contributed by atoms with E-state index in [0.29, 0.717) is 22.8 Å². The van der Waals surface area contributed by atoms with Crippen molar-refractivity contribution in [1.29, 1.82) is 0 Å². The number of nitrogens with zero attached hydrogens (tertiary/aromatic N) is 1. The summed E-state index contributed by atoms with van der Waals surface area (Å²) < 4.78 is 5.73. The molecule has 4 heteroatoms. The maximum Gasteiger partial charge on any atom is 0.255 e. The molecule has 0 bridgehead atoms. The fourth-order valence-electron chi connectivity index (χ4n) is 2.09. The van der Waals surface area contributed by atoms with Gasteiger partial charge >= 0.3 is 0 Å². The number of hydrogen-bond acceptors (Lipinski definition) is 4. The van der Waals surface area contributed by atoms with Crippen LogP contribution in [0.2, 0.25) is 0 Å². The second kappa shape index (κ2) is 3.63. The molecule has 3 rings (SSSR count). The van der Waals surface area contributed by atoms with Crippen LogP contribution < -0.4 is 0 Å². The molecular weight excluding hydrogens is 242 g/mol. The van der Waals surface area contributed by atoms with Crippen LogP contribution in [0, 0.1) is 0 Å². The number of ketones is 2. The van der Waals surface area contributed by atoms with Crippen molar-refractivity contribution < 1.29 is 14.0 Å². The van der Waals surface area contributed by atoms with Crippen molar-refractivity contribution in [3.63, 3.8) is 0 Å². The van der Waals surface area contributed by atoms with Crippen molar-refractivity contribution in [3.05, 3.63) is 41.4 Å².